The molecule has 3 N–H and O–H groups in total. The van der Waals surface area contributed by atoms with E-state index in [-0.39, 0.29) is 19.4 Å². The van der Waals surface area contributed by atoms with Crippen molar-refractivity contribution in [3.8, 4) is 0 Å². The molecule has 0 rings (SSSR count). The van der Waals surface area contributed by atoms with Crippen LogP contribution in [0.15, 0.2) is 36.5 Å². The second kappa shape index (κ2) is 36.6. The SMILES string of the molecule is CC/C=C/CC(O)/C=C/C=C/CCCCCCCC(=O)O[C@H](COC(=O)CCCCCCCCCCCCCCCCCCC)COP(=O)(O)O. The Morgan fingerprint density at radius 2 is 1.10 bits per heavy atom. The molecule has 0 saturated carbocycles. The number of allylic oxidation sites excluding steroid dienone is 4. The molecule has 298 valence electrons. The molecule has 0 heterocycles. The van der Waals surface area contributed by atoms with Gasteiger partial charge in [-0.05, 0) is 38.5 Å². The minimum Gasteiger partial charge on any atom is -0.462 e. The molecule has 0 aromatic rings. The smallest absolute Gasteiger partial charge is 0.462 e. The Bertz CT molecular complexity index is 943. The van der Waals surface area contributed by atoms with Gasteiger partial charge in [0.1, 0.15) is 6.61 Å². The predicted octanol–water partition coefficient (Wildman–Crippen LogP) is 11.2. The zero-order valence-electron chi connectivity index (χ0n) is 32.4. The van der Waals surface area contributed by atoms with Crippen LogP contribution in [0.1, 0.15) is 187 Å². The molecule has 0 amide bonds. The lowest BCUT2D eigenvalue weighted by molar-refractivity contribution is -0.161. The van der Waals surface area contributed by atoms with Gasteiger partial charge in [-0.15, -0.1) is 0 Å². The third-order valence-electron chi connectivity index (χ3n) is 8.75. The zero-order chi connectivity index (χ0) is 37.7. The third kappa shape index (κ3) is 39.3. The van der Waals surface area contributed by atoms with E-state index in [1.54, 1.807) is 6.08 Å². The fraction of sp³-hybridized carbons (Fsp3) is 0.805. The van der Waals surface area contributed by atoms with Crippen molar-refractivity contribution in [2.45, 2.75) is 199 Å². The summed E-state index contributed by atoms with van der Waals surface area (Å²) >= 11 is 0. The Hall–Kier alpha value is -1.77. The van der Waals surface area contributed by atoms with Crippen LogP contribution in [0.4, 0.5) is 0 Å². The molecular weight excluding hydrogens is 667 g/mol. The first-order chi connectivity index (χ1) is 24.7. The predicted molar refractivity (Wildman–Crippen MR) is 208 cm³/mol. The standard InChI is InChI=1S/C41H75O9P/c1-3-5-7-8-9-10-11-12-13-14-15-16-17-20-23-26-30-34-40(43)48-36-39(37-49-51(45,46)47)50-41(44)35-31-27-24-21-18-19-22-25-29-33-38(42)32-28-6-4-2/h6,22,25,28-29,33,38-39,42H,3-5,7-21,23-24,26-27,30-32,34-37H2,1-2H3,(H2,45,46,47)/b25-22+,28-6+,33-29+/t38?,39-/m1/s1. The summed E-state index contributed by atoms with van der Waals surface area (Å²) in [6, 6.07) is 0. The van der Waals surface area contributed by atoms with E-state index < -0.39 is 38.6 Å². The summed E-state index contributed by atoms with van der Waals surface area (Å²) in [5.41, 5.74) is 0. The first kappa shape index (κ1) is 49.2. The summed E-state index contributed by atoms with van der Waals surface area (Å²) in [7, 11) is -4.77. The van der Waals surface area contributed by atoms with Crippen LogP contribution in [0.2, 0.25) is 0 Å². The maximum atomic E-state index is 12.4. The third-order valence-corrected chi connectivity index (χ3v) is 9.24. The van der Waals surface area contributed by atoms with Crippen molar-refractivity contribution in [1.82, 2.24) is 0 Å². The van der Waals surface area contributed by atoms with Gasteiger partial charge in [0.2, 0.25) is 0 Å². The first-order valence-corrected chi connectivity index (χ1v) is 21.9. The highest BCUT2D eigenvalue weighted by Gasteiger charge is 2.22. The van der Waals surface area contributed by atoms with Gasteiger partial charge in [-0.3, -0.25) is 14.1 Å². The summed E-state index contributed by atoms with van der Waals surface area (Å²) < 4.78 is 26.3. The Labute approximate surface area is 311 Å². The highest BCUT2D eigenvalue weighted by Crippen LogP contribution is 2.36. The maximum absolute atomic E-state index is 12.4. The van der Waals surface area contributed by atoms with Crippen molar-refractivity contribution in [2.24, 2.45) is 0 Å². The average molecular weight is 743 g/mol. The van der Waals surface area contributed by atoms with Crippen LogP contribution >= 0.6 is 7.82 Å². The summed E-state index contributed by atoms with van der Waals surface area (Å²) in [5, 5.41) is 9.84. The van der Waals surface area contributed by atoms with Gasteiger partial charge in [0, 0.05) is 12.8 Å². The Kier molecular flexibility index (Phi) is 35.3. The number of carbonyl (C=O) groups is 2. The van der Waals surface area contributed by atoms with E-state index in [0.717, 1.165) is 57.8 Å². The Balaban J connectivity index is 3.97. The van der Waals surface area contributed by atoms with Crippen molar-refractivity contribution < 1.29 is 43.0 Å². The van der Waals surface area contributed by atoms with Crippen molar-refractivity contribution in [2.75, 3.05) is 13.2 Å². The van der Waals surface area contributed by atoms with Gasteiger partial charge in [-0.1, -0.05) is 172 Å². The monoisotopic (exact) mass is 743 g/mol. The first-order valence-electron chi connectivity index (χ1n) is 20.4. The summed E-state index contributed by atoms with van der Waals surface area (Å²) in [4.78, 5) is 42.8. The molecule has 0 radical (unpaired) electrons. The molecule has 0 saturated heterocycles. The molecule has 1 unspecified atom stereocenters. The van der Waals surface area contributed by atoms with Gasteiger partial charge in [-0.25, -0.2) is 4.57 Å². The molecule has 9 nitrogen and oxygen atoms in total. The van der Waals surface area contributed by atoms with Crippen molar-refractivity contribution in [1.29, 1.82) is 0 Å². The Morgan fingerprint density at radius 1 is 0.608 bits per heavy atom. The molecule has 0 aliphatic heterocycles. The van der Waals surface area contributed by atoms with Crippen LogP contribution in [-0.2, 0) is 28.2 Å². The lowest BCUT2D eigenvalue weighted by atomic mass is 10.0. The molecule has 51 heavy (non-hydrogen) atoms. The van der Waals surface area contributed by atoms with E-state index in [2.05, 4.69) is 24.4 Å². The molecule has 0 spiro atoms. The number of aliphatic hydroxyl groups excluding tert-OH is 1. The van der Waals surface area contributed by atoms with E-state index in [0.29, 0.717) is 12.8 Å². The van der Waals surface area contributed by atoms with Gasteiger partial charge < -0.3 is 24.4 Å². The van der Waals surface area contributed by atoms with Crippen molar-refractivity contribution in [3.63, 3.8) is 0 Å². The molecule has 2 atom stereocenters. The second-order valence-corrected chi connectivity index (χ2v) is 15.0. The summed E-state index contributed by atoms with van der Waals surface area (Å²) in [5.74, 6) is -0.933. The van der Waals surface area contributed by atoms with E-state index >= 15 is 0 Å². The van der Waals surface area contributed by atoms with Gasteiger partial charge in [-0.2, -0.15) is 0 Å². The number of unbranched alkanes of at least 4 members (excludes halogenated alkanes) is 21. The molecule has 0 aromatic heterocycles. The molecule has 10 heteroatoms. The number of ether oxygens (including phenoxy) is 2. The highest BCUT2D eigenvalue weighted by atomic mass is 31.2. The molecular formula is C41H75O9P. The lowest BCUT2D eigenvalue weighted by Crippen LogP contribution is -2.29. The fourth-order valence-electron chi connectivity index (χ4n) is 5.70. The minimum atomic E-state index is -4.77. The van der Waals surface area contributed by atoms with Crippen LogP contribution < -0.4 is 0 Å². The van der Waals surface area contributed by atoms with E-state index in [1.165, 1.54) is 89.9 Å². The van der Waals surface area contributed by atoms with Crippen molar-refractivity contribution >= 4 is 19.8 Å². The molecule has 0 bridgehead atoms. The number of aliphatic hydroxyl groups is 1. The van der Waals surface area contributed by atoms with Gasteiger partial charge in [0.15, 0.2) is 6.10 Å². The molecule has 0 aliphatic rings. The van der Waals surface area contributed by atoms with E-state index in [1.807, 2.05) is 24.3 Å². The quantitative estimate of drug-likeness (QED) is 0.0186. The second-order valence-electron chi connectivity index (χ2n) is 13.8. The van der Waals surface area contributed by atoms with Crippen LogP contribution in [0.3, 0.4) is 0 Å². The van der Waals surface area contributed by atoms with E-state index in [9.17, 15) is 19.3 Å². The average Bonchev–Trinajstić information content (AvgIpc) is 3.09. The van der Waals surface area contributed by atoms with Crippen LogP contribution in [0, 0.1) is 0 Å². The zero-order valence-corrected chi connectivity index (χ0v) is 33.3. The van der Waals surface area contributed by atoms with E-state index in [4.69, 9.17) is 19.3 Å². The molecule has 0 aromatic carbocycles. The number of carbonyl (C=O) groups excluding carboxylic acids is 2. The largest absolute Gasteiger partial charge is 0.469 e. The van der Waals surface area contributed by atoms with Gasteiger partial charge in [0.25, 0.3) is 0 Å². The van der Waals surface area contributed by atoms with Gasteiger partial charge in [0.05, 0.1) is 12.7 Å². The summed E-state index contributed by atoms with van der Waals surface area (Å²) in [6.07, 6.45) is 39.1. The number of hydrogen-bond acceptors (Lipinski definition) is 7. The van der Waals surface area contributed by atoms with Crippen LogP contribution in [-0.4, -0.2) is 52.3 Å². The number of esters is 2. The topological polar surface area (TPSA) is 140 Å². The highest BCUT2D eigenvalue weighted by molar-refractivity contribution is 7.46. The normalized spacial score (nSPS) is 13.4. The number of phosphoric acid groups is 1. The van der Waals surface area contributed by atoms with Crippen LogP contribution in [0.5, 0.6) is 0 Å². The maximum Gasteiger partial charge on any atom is 0.469 e. The van der Waals surface area contributed by atoms with Crippen molar-refractivity contribution in [3.05, 3.63) is 36.5 Å². The summed E-state index contributed by atoms with van der Waals surface area (Å²) in [6.45, 7) is 3.46. The fourth-order valence-corrected chi connectivity index (χ4v) is 6.06. The minimum absolute atomic E-state index is 0.167. The number of hydrogen-bond donors (Lipinski definition) is 3. The number of rotatable bonds is 37. The van der Waals surface area contributed by atoms with Gasteiger partial charge >= 0.3 is 19.8 Å². The Morgan fingerprint density at radius 3 is 1.61 bits per heavy atom. The molecule has 0 fully saturated rings. The molecule has 0 aliphatic carbocycles. The number of phosphoric ester groups is 1. The van der Waals surface area contributed by atoms with Crippen LogP contribution in [0.25, 0.3) is 0 Å². The lowest BCUT2D eigenvalue weighted by Gasteiger charge is -2.18.